The van der Waals surface area contributed by atoms with Crippen LogP contribution in [-0.4, -0.2) is 35.3 Å². The zero-order chi connectivity index (χ0) is 18.2. The standard InChI is InChI=1S/C16H14F3N3O3/c1-21-13(7-14(20-21)16(17,18)19)10-2-3-12-11(6-10)4-5-22(12)15(24)8-25-9-23/h2-3,6-7,9H,4-5,8H2,1H3. The highest BCUT2D eigenvalue weighted by Crippen LogP contribution is 2.35. The molecule has 1 aliphatic rings. The number of alkyl halides is 3. The third-order valence-electron chi connectivity index (χ3n) is 4.02. The Hall–Kier alpha value is -2.84. The van der Waals surface area contributed by atoms with Crippen molar-refractivity contribution in [2.75, 3.05) is 18.1 Å². The van der Waals surface area contributed by atoms with Crippen molar-refractivity contribution in [2.24, 2.45) is 7.05 Å². The number of aryl methyl sites for hydroxylation is 1. The molecule has 1 aromatic heterocycles. The molecular weight excluding hydrogens is 339 g/mol. The molecule has 0 saturated carbocycles. The first-order chi connectivity index (χ1) is 11.8. The lowest BCUT2D eigenvalue weighted by Crippen LogP contribution is -2.32. The number of nitrogens with zero attached hydrogens (tertiary/aromatic N) is 3. The first-order valence-electron chi connectivity index (χ1n) is 7.41. The van der Waals surface area contributed by atoms with Crippen LogP contribution >= 0.6 is 0 Å². The summed E-state index contributed by atoms with van der Waals surface area (Å²) >= 11 is 0. The lowest BCUT2D eigenvalue weighted by Gasteiger charge is -2.16. The first kappa shape index (κ1) is 17.0. The number of halogens is 3. The number of hydrogen-bond donors (Lipinski definition) is 0. The van der Waals surface area contributed by atoms with Crippen LogP contribution < -0.4 is 4.90 Å². The topological polar surface area (TPSA) is 64.4 Å². The van der Waals surface area contributed by atoms with E-state index >= 15 is 0 Å². The molecule has 0 atom stereocenters. The van der Waals surface area contributed by atoms with Crippen LogP contribution in [0.4, 0.5) is 18.9 Å². The molecule has 1 aliphatic heterocycles. The maximum absolute atomic E-state index is 12.8. The monoisotopic (exact) mass is 353 g/mol. The lowest BCUT2D eigenvalue weighted by molar-refractivity contribution is -0.141. The van der Waals surface area contributed by atoms with E-state index in [-0.39, 0.29) is 19.0 Å². The third-order valence-corrected chi connectivity index (χ3v) is 4.02. The smallest absolute Gasteiger partial charge is 0.435 e. The molecule has 3 rings (SSSR count). The lowest BCUT2D eigenvalue weighted by atomic mass is 10.1. The number of amides is 1. The van der Waals surface area contributed by atoms with Crippen molar-refractivity contribution in [1.82, 2.24) is 9.78 Å². The van der Waals surface area contributed by atoms with Gasteiger partial charge in [-0.15, -0.1) is 0 Å². The fourth-order valence-electron chi connectivity index (χ4n) is 2.88. The van der Waals surface area contributed by atoms with E-state index in [9.17, 15) is 22.8 Å². The van der Waals surface area contributed by atoms with Crippen LogP contribution in [-0.2, 0) is 34.0 Å². The molecular formula is C16H14F3N3O3. The highest BCUT2D eigenvalue weighted by Gasteiger charge is 2.35. The molecule has 0 fully saturated rings. The Balaban J connectivity index is 1.89. The molecule has 132 valence electrons. The van der Waals surface area contributed by atoms with Gasteiger partial charge < -0.3 is 9.64 Å². The normalized spacial score (nSPS) is 13.7. The Labute approximate surface area is 140 Å². The molecule has 25 heavy (non-hydrogen) atoms. The molecule has 0 radical (unpaired) electrons. The van der Waals surface area contributed by atoms with Gasteiger partial charge in [0.15, 0.2) is 12.3 Å². The van der Waals surface area contributed by atoms with Crippen LogP contribution in [0.1, 0.15) is 11.3 Å². The highest BCUT2D eigenvalue weighted by molar-refractivity contribution is 5.97. The Bertz CT molecular complexity index is 830. The Morgan fingerprint density at radius 3 is 2.76 bits per heavy atom. The van der Waals surface area contributed by atoms with Gasteiger partial charge in [-0.05, 0) is 30.2 Å². The van der Waals surface area contributed by atoms with E-state index in [1.54, 1.807) is 18.2 Å². The van der Waals surface area contributed by atoms with Crippen molar-refractivity contribution < 1.29 is 27.5 Å². The molecule has 0 N–H and O–H groups in total. The van der Waals surface area contributed by atoms with Gasteiger partial charge >= 0.3 is 6.18 Å². The summed E-state index contributed by atoms with van der Waals surface area (Å²) in [4.78, 5) is 23.7. The predicted octanol–water partition coefficient (Wildman–Crippen LogP) is 2.17. The number of benzene rings is 1. The second-order valence-corrected chi connectivity index (χ2v) is 5.58. The van der Waals surface area contributed by atoms with Gasteiger partial charge in [0.25, 0.3) is 12.4 Å². The Kier molecular flexibility index (Phi) is 4.23. The van der Waals surface area contributed by atoms with Crippen LogP contribution in [0.2, 0.25) is 0 Å². The third kappa shape index (κ3) is 3.21. The minimum absolute atomic E-state index is 0.207. The van der Waals surface area contributed by atoms with Gasteiger partial charge in [0, 0.05) is 24.8 Å². The molecule has 0 saturated heterocycles. The van der Waals surface area contributed by atoms with Gasteiger partial charge in [-0.1, -0.05) is 6.07 Å². The molecule has 0 unspecified atom stereocenters. The first-order valence-corrected chi connectivity index (χ1v) is 7.41. The molecule has 0 aliphatic carbocycles. The highest BCUT2D eigenvalue weighted by atomic mass is 19.4. The zero-order valence-electron chi connectivity index (χ0n) is 13.2. The molecule has 0 spiro atoms. The van der Waals surface area contributed by atoms with E-state index in [4.69, 9.17) is 0 Å². The number of rotatable bonds is 4. The molecule has 9 heteroatoms. The van der Waals surface area contributed by atoms with Crippen LogP contribution in [0.25, 0.3) is 11.3 Å². The number of anilines is 1. The number of hydrogen-bond acceptors (Lipinski definition) is 4. The molecule has 0 bridgehead atoms. The summed E-state index contributed by atoms with van der Waals surface area (Å²) in [5, 5.41) is 3.51. The van der Waals surface area contributed by atoms with E-state index in [1.165, 1.54) is 16.6 Å². The maximum Gasteiger partial charge on any atom is 0.435 e. The maximum atomic E-state index is 12.8. The second-order valence-electron chi connectivity index (χ2n) is 5.58. The summed E-state index contributed by atoms with van der Waals surface area (Å²) in [5.74, 6) is -0.349. The molecule has 6 nitrogen and oxygen atoms in total. The van der Waals surface area contributed by atoms with E-state index in [2.05, 4.69) is 9.84 Å². The van der Waals surface area contributed by atoms with Crippen molar-refractivity contribution in [1.29, 1.82) is 0 Å². The average molecular weight is 353 g/mol. The summed E-state index contributed by atoms with van der Waals surface area (Å²) < 4.78 is 44.1. The Morgan fingerprint density at radius 2 is 2.12 bits per heavy atom. The molecule has 1 aromatic carbocycles. The summed E-state index contributed by atoms with van der Waals surface area (Å²) in [6.07, 6.45) is -3.94. The van der Waals surface area contributed by atoms with E-state index in [1.807, 2.05) is 0 Å². The van der Waals surface area contributed by atoms with Crippen LogP contribution in [0, 0.1) is 0 Å². The van der Waals surface area contributed by atoms with Crippen LogP contribution in [0.5, 0.6) is 0 Å². The number of carbonyl (C=O) groups is 2. The van der Waals surface area contributed by atoms with Crippen molar-refractivity contribution in [3.8, 4) is 11.3 Å². The quantitative estimate of drug-likeness (QED) is 0.791. The minimum atomic E-state index is -4.51. The summed E-state index contributed by atoms with van der Waals surface area (Å²) in [6.45, 7) is 0.291. The van der Waals surface area contributed by atoms with Gasteiger partial charge in [0.05, 0.1) is 5.69 Å². The minimum Gasteiger partial charge on any atom is -0.458 e. The fourth-order valence-corrected chi connectivity index (χ4v) is 2.88. The Morgan fingerprint density at radius 1 is 1.36 bits per heavy atom. The van der Waals surface area contributed by atoms with Crippen molar-refractivity contribution in [2.45, 2.75) is 12.6 Å². The number of carbonyl (C=O) groups excluding carboxylic acids is 2. The second kappa shape index (κ2) is 6.23. The van der Waals surface area contributed by atoms with Crippen LogP contribution in [0.15, 0.2) is 24.3 Å². The van der Waals surface area contributed by atoms with Crippen molar-refractivity contribution >= 4 is 18.1 Å². The molecule has 2 heterocycles. The molecule has 1 amide bonds. The summed E-state index contributed by atoms with van der Waals surface area (Å²) in [6, 6.07) is 6.07. The van der Waals surface area contributed by atoms with Gasteiger partial charge in [0.1, 0.15) is 0 Å². The average Bonchev–Trinajstić information content (AvgIpc) is 3.15. The van der Waals surface area contributed by atoms with Crippen LogP contribution in [0.3, 0.4) is 0 Å². The zero-order valence-corrected chi connectivity index (χ0v) is 13.2. The van der Waals surface area contributed by atoms with Gasteiger partial charge in [-0.2, -0.15) is 18.3 Å². The van der Waals surface area contributed by atoms with Gasteiger partial charge in [-0.25, -0.2) is 0 Å². The summed E-state index contributed by atoms with van der Waals surface area (Å²) in [7, 11) is 1.45. The van der Waals surface area contributed by atoms with Gasteiger partial charge in [-0.3, -0.25) is 14.3 Å². The van der Waals surface area contributed by atoms with E-state index in [0.717, 1.165) is 11.6 Å². The fraction of sp³-hybridized carbons (Fsp3) is 0.312. The summed E-state index contributed by atoms with van der Waals surface area (Å²) in [5.41, 5.74) is 1.48. The van der Waals surface area contributed by atoms with E-state index in [0.29, 0.717) is 29.9 Å². The van der Waals surface area contributed by atoms with Gasteiger partial charge in [0.2, 0.25) is 0 Å². The number of fused-ring (bicyclic) bond motifs is 1. The van der Waals surface area contributed by atoms with E-state index < -0.39 is 11.9 Å². The predicted molar refractivity (Wildman–Crippen MR) is 81.7 cm³/mol. The molecule has 2 aromatic rings. The SMILES string of the molecule is Cn1nc(C(F)(F)F)cc1-c1ccc2c(c1)CCN2C(=O)COC=O. The number of ether oxygens (including phenoxy) is 1. The largest absolute Gasteiger partial charge is 0.458 e. The van der Waals surface area contributed by atoms with Crippen molar-refractivity contribution in [3.63, 3.8) is 0 Å². The number of aromatic nitrogens is 2. The van der Waals surface area contributed by atoms with Crippen molar-refractivity contribution in [3.05, 3.63) is 35.5 Å².